The summed E-state index contributed by atoms with van der Waals surface area (Å²) in [5, 5.41) is 2.55. The molecule has 6 heteroatoms. The summed E-state index contributed by atoms with van der Waals surface area (Å²) in [6.07, 6.45) is -0.837. The summed E-state index contributed by atoms with van der Waals surface area (Å²) in [4.78, 5) is 22.7. The van der Waals surface area contributed by atoms with Crippen LogP contribution in [-0.2, 0) is 9.53 Å². The first-order valence-electron chi connectivity index (χ1n) is 4.78. The smallest absolute Gasteiger partial charge is 0.375 e. The Labute approximate surface area is 101 Å². The summed E-state index contributed by atoms with van der Waals surface area (Å²) < 4.78 is 10.3. The van der Waals surface area contributed by atoms with Crippen LogP contribution in [0.2, 0.25) is 0 Å². The summed E-state index contributed by atoms with van der Waals surface area (Å²) in [5.41, 5.74) is 0. The van der Waals surface area contributed by atoms with E-state index in [0.717, 1.165) is 0 Å². The van der Waals surface area contributed by atoms with Crippen LogP contribution < -0.4 is 5.32 Å². The predicted octanol–water partition coefficient (Wildman–Crippen LogP) is 1.72. The maximum atomic E-state index is 11.5. The summed E-state index contributed by atoms with van der Waals surface area (Å²) in [6.45, 7) is 3.78. The van der Waals surface area contributed by atoms with Gasteiger partial charge in [-0.05, 0) is 41.9 Å². The van der Waals surface area contributed by atoms with Crippen LogP contribution in [0.4, 0.5) is 0 Å². The number of furan rings is 1. The molecule has 0 aliphatic rings. The van der Waals surface area contributed by atoms with Gasteiger partial charge in [-0.15, -0.1) is 0 Å². The molecule has 0 unspecified atom stereocenters. The number of esters is 1. The summed E-state index contributed by atoms with van der Waals surface area (Å²) in [7, 11) is 0. The Bertz CT molecular complexity index is 388. The van der Waals surface area contributed by atoms with Gasteiger partial charge in [-0.1, -0.05) is 0 Å². The summed E-state index contributed by atoms with van der Waals surface area (Å²) in [5.74, 6) is -0.936. The largest absolute Gasteiger partial charge is 0.447 e. The molecule has 0 spiro atoms. The quantitative estimate of drug-likeness (QED) is 0.857. The lowest BCUT2D eigenvalue weighted by Gasteiger charge is -2.11. The van der Waals surface area contributed by atoms with Gasteiger partial charge in [-0.25, -0.2) is 4.79 Å². The van der Waals surface area contributed by atoms with Crippen LogP contribution in [0.5, 0.6) is 0 Å². The van der Waals surface area contributed by atoms with Gasteiger partial charge in [0, 0.05) is 6.54 Å². The number of rotatable bonds is 4. The van der Waals surface area contributed by atoms with Gasteiger partial charge in [-0.3, -0.25) is 4.79 Å². The van der Waals surface area contributed by atoms with Crippen LogP contribution in [0, 0.1) is 0 Å². The minimum atomic E-state index is -0.837. The third-order valence-corrected chi connectivity index (χ3v) is 2.20. The molecule has 0 saturated heterocycles. The summed E-state index contributed by atoms with van der Waals surface area (Å²) >= 11 is 3.07. The fourth-order valence-corrected chi connectivity index (χ4v) is 1.32. The van der Waals surface area contributed by atoms with Crippen LogP contribution in [0.15, 0.2) is 21.2 Å². The molecule has 16 heavy (non-hydrogen) atoms. The standard InChI is InChI=1S/C10H12BrNO4/c1-3-12-9(13)6(2)15-10(14)7-4-5-8(11)16-7/h4-6H,3H2,1-2H3,(H,12,13)/t6-/m1/s1. The maximum absolute atomic E-state index is 11.5. The molecular formula is C10H12BrNO4. The molecule has 1 atom stereocenters. The highest BCUT2D eigenvalue weighted by atomic mass is 79.9. The second-order valence-corrected chi connectivity index (χ2v) is 3.83. The number of hydrogen-bond donors (Lipinski definition) is 1. The van der Waals surface area contributed by atoms with Gasteiger partial charge in [0.25, 0.3) is 5.91 Å². The number of carbonyl (C=O) groups excluding carboxylic acids is 2. The van der Waals surface area contributed by atoms with Crippen molar-refractivity contribution in [2.45, 2.75) is 20.0 Å². The van der Waals surface area contributed by atoms with E-state index in [1.54, 1.807) is 13.0 Å². The van der Waals surface area contributed by atoms with Crippen molar-refractivity contribution in [3.63, 3.8) is 0 Å². The molecule has 1 aromatic heterocycles. The molecule has 1 aromatic rings. The Morgan fingerprint density at radius 3 is 2.75 bits per heavy atom. The maximum Gasteiger partial charge on any atom is 0.375 e. The molecule has 0 aliphatic heterocycles. The first-order valence-corrected chi connectivity index (χ1v) is 5.58. The fourth-order valence-electron chi connectivity index (χ4n) is 1.01. The van der Waals surface area contributed by atoms with Crippen molar-refractivity contribution in [1.82, 2.24) is 5.32 Å². The molecule has 0 saturated carbocycles. The van der Waals surface area contributed by atoms with E-state index in [9.17, 15) is 9.59 Å². The highest BCUT2D eigenvalue weighted by Gasteiger charge is 2.20. The minimum absolute atomic E-state index is 0.0584. The molecule has 1 amide bonds. The lowest BCUT2D eigenvalue weighted by Crippen LogP contribution is -2.35. The van der Waals surface area contributed by atoms with Crippen molar-refractivity contribution >= 4 is 27.8 Å². The van der Waals surface area contributed by atoms with E-state index in [2.05, 4.69) is 21.2 Å². The van der Waals surface area contributed by atoms with Gasteiger partial charge in [0.05, 0.1) is 0 Å². The van der Waals surface area contributed by atoms with Gasteiger partial charge >= 0.3 is 5.97 Å². The lowest BCUT2D eigenvalue weighted by atomic mass is 10.3. The third kappa shape index (κ3) is 3.37. The van der Waals surface area contributed by atoms with Gasteiger partial charge in [0.2, 0.25) is 5.76 Å². The average Bonchev–Trinajstić information content (AvgIpc) is 2.65. The van der Waals surface area contributed by atoms with E-state index in [0.29, 0.717) is 11.2 Å². The Morgan fingerprint density at radius 2 is 2.25 bits per heavy atom. The lowest BCUT2D eigenvalue weighted by molar-refractivity contribution is -0.129. The fraction of sp³-hybridized carbons (Fsp3) is 0.400. The van der Waals surface area contributed by atoms with Crippen molar-refractivity contribution in [2.75, 3.05) is 6.54 Å². The van der Waals surface area contributed by atoms with Gasteiger partial charge < -0.3 is 14.5 Å². The molecule has 0 radical (unpaired) electrons. The van der Waals surface area contributed by atoms with Gasteiger partial charge in [0.15, 0.2) is 10.8 Å². The monoisotopic (exact) mass is 289 g/mol. The first-order chi connectivity index (χ1) is 7.54. The molecular weight excluding hydrogens is 278 g/mol. The predicted molar refractivity (Wildman–Crippen MR) is 60.0 cm³/mol. The van der Waals surface area contributed by atoms with E-state index >= 15 is 0 Å². The molecule has 5 nitrogen and oxygen atoms in total. The van der Waals surface area contributed by atoms with Gasteiger partial charge in [-0.2, -0.15) is 0 Å². The van der Waals surface area contributed by atoms with E-state index < -0.39 is 12.1 Å². The van der Waals surface area contributed by atoms with Gasteiger partial charge in [0.1, 0.15) is 0 Å². The SMILES string of the molecule is CCNC(=O)[C@@H](C)OC(=O)c1ccc(Br)o1. The Kier molecular flexibility index (Phi) is 4.54. The highest BCUT2D eigenvalue weighted by molar-refractivity contribution is 9.10. The summed E-state index contributed by atoms with van der Waals surface area (Å²) in [6, 6.07) is 3.05. The van der Waals surface area contributed by atoms with E-state index in [1.165, 1.54) is 13.0 Å². The molecule has 0 fully saturated rings. The number of likely N-dealkylation sites (N-methyl/N-ethyl adjacent to an activating group) is 1. The highest BCUT2D eigenvalue weighted by Crippen LogP contribution is 2.15. The Balaban J connectivity index is 2.54. The molecule has 0 aromatic carbocycles. The number of nitrogens with one attached hydrogen (secondary N) is 1. The van der Waals surface area contributed by atoms with Crippen molar-refractivity contribution in [3.05, 3.63) is 22.6 Å². The van der Waals surface area contributed by atoms with Crippen molar-refractivity contribution in [2.24, 2.45) is 0 Å². The minimum Gasteiger partial charge on any atom is -0.447 e. The van der Waals surface area contributed by atoms with Crippen molar-refractivity contribution < 1.29 is 18.7 Å². The number of hydrogen-bond acceptors (Lipinski definition) is 4. The molecule has 88 valence electrons. The second-order valence-electron chi connectivity index (χ2n) is 3.05. The zero-order valence-corrected chi connectivity index (χ0v) is 10.5. The van der Waals surface area contributed by atoms with Crippen molar-refractivity contribution in [3.8, 4) is 0 Å². The molecule has 1 rings (SSSR count). The van der Waals surface area contributed by atoms with Crippen LogP contribution in [-0.4, -0.2) is 24.5 Å². The third-order valence-electron chi connectivity index (χ3n) is 1.78. The Morgan fingerprint density at radius 1 is 1.56 bits per heavy atom. The Hall–Kier alpha value is -1.30. The molecule has 1 heterocycles. The topological polar surface area (TPSA) is 68.5 Å². The van der Waals surface area contributed by atoms with E-state index in [4.69, 9.17) is 9.15 Å². The molecule has 0 aliphatic carbocycles. The van der Waals surface area contributed by atoms with Crippen LogP contribution in [0.3, 0.4) is 0 Å². The number of amides is 1. The van der Waals surface area contributed by atoms with E-state index in [-0.39, 0.29) is 11.7 Å². The zero-order chi connectivity index (χ0) is 12.1. The van der Waals surface area contributed by atoms with Crippen molar-refractivity contribution in [1.29, 1.82) is 0 Å². The first kappa shape index (κ1) is 12.8. The number of halogens is 1. The zero-order valence-electron chi connectivity index (χ0n) is 8.95. The van der Waals surface area contributed by atoms with Crippen LogP contribution >= 0.6 is 15.9 Å². The average molecular weight is 290 g/mol. The molecule has 0 bridgehead atoms. The molecule has 1 N–H and O–H groups in total. The van der Waals surface area contributed by atoms with Crippen LogP contribution in [0.1, 0.15) is 24.4 Å². The van der Waals surface area contributed by atoms with E-state index in [1.807, 2.05) is 0 Å². The van der Waals surface area contributed by atoms with Crippen LogP contribution in [0.25, 0.3) is 0 Å². The number of ether oxygens (including phenoxy) is 1. The normalized spacial score (nSPS) is 11.9. The number of carbonyl (C=O) groups is 2. The second kappa shape index (κ2) is 5.69.